The van der Waals surface area contributed by atoms with E-state index in [1.54, 1.807) is 0 Å². The number of nitrogens with two attached hydrogens (primary N) is 3. The smallest absolute Gasteiger partial charge is 0.744 e. The summed E-state index contributed by atoms with van der Waals surface area (Å²) in [5.41, 5.74) is 15.7. The standard InChI is InChI=1S/C6H9N3O3S.Na/c7-3-1-2-4(13(10,11)12)6(9)5(3)8;/h1-2H,7-9H2,(H,10,11,12);/q;+1/p-1. The van der Waals surface area contributed by atoms with Gasteiger partial charge in [0, 0.05) is 0 Å². The molecule has 0 atom stereocenters. The molecule has 0 fully saturated rings. The van der Waals surface area contributed by atoms with Crippen molar-refractivity contribution in [1.82, 2.24) is 0 Å². The van der Waals surface area contributed by atoms with Crippen LogP contribution in [0.3, 0.4) is 0 Å². The van der Waals surface area contributed by atoms with Crippen LogP contribution in [0.4, 0.5) is 17.1 Å². The Morgan fingerprint density at radius 3 is 2.00 bits per heavy atom. The molecule has 72 valence electrons. The minimum absolute atomic E-state index is 0. The normalized spacial score (nSPS) is 10.6. The van der Waals surface area contributed by atoms with E-state index in [0.717, 1.165) is 6.07 Å². The van der Waals surface area contributed by atoms with Crippen LogP contribution in [0, 0.1) is 0 Å². The number of hydrogen-bond donors (Lipinski definition) is 3. The molecule has 0 amide bonds. The van der Waals surface area contributed by atoms with Gasteiger partial charge in [0.2, 0.25) is 0 Å². The maximum Gasteiger partial charge on any atom is 1.00 e. The molecule has 0 aliphatic rings. The molecule has 0 spiro atoms. The van der Waals surface area contributed by atoms with Gasteiger partial charge in [-0.1, -0.05) is 0 Å². The maximum absolute atomic E-state index is 10.6. The Labute approximate surface area is 103 Å². The van der Waals surface area contributed by atoms with Gasteiger partial charge in [0.05, 0.1) is 22.0 Å². The fourth-order valence-electron chi connectivity index (χ4n) is 0.851. The topological polar surface area (TPSA) is 135 Å². The van der Waals surface area contributed by atoms with E-state index in [-0.39, 0.29) is 46.6 Å². The van der Waals surface area contributed by atoms with E-state index in [1.165, 1.54) is 6.07 Å². The fraction of sp³-hybridized carbons (Fsp3) is 0. The third kappa shape index (κ3) is 2.52. The molecule has 0 saturated carbocycles. The molecule has 1 rings (SSSR count). The van der Waals surface area contributed by atoms with Gasteiger partial charge in [-0.2, -0.15) is 0 Å². The Morgan fingerprint density at radius 1 is 1.07 bits per heavy atom. The van der Waals surface area contributed by atoms with E-state index < -0.39 is 15.0 Å². The molecule has 6 nitrogen and oxygen atoms in total. The van der Waals surface area contributed by atoms with Crippen LogP contribution in [0.2, 0.25) is 0 Å². The monoisotopic (exact) mass is 225 g/mol. The van der Waals surface area contributed by atoms with Crippen LogP contribution in [-0.4, -0.2) is 13.0 Å². The van der Waals surface area contributed by atoms with Crippen LogP contribution in [0.1, 0.15) is 0 Å². The molecule has 6 N–H and O–H groups in total. The maximum atomic E-state index is 10.6. The van der Waals surface area contributed by atoms with Gasteiger partial charge in [-0.05, 0) is 12.1 Å². The van der Waals surface area contributed by atoms with Crippen molar-refractivity contribution >= 4 is 27.2 Å². The molecule has 0 bridgehead atoms. The summed E-state index contributed by atoms with van der Waals surface area (Å²) < 4.78 is 31.8. The Kier molecular flexibility index (Phi) is 4.22. The van der Waals surface area contributed by atoms with Crippen LogP contribution in [0.15, 0.2) is 17.0 Å². The summed E-state index contributed by atoms with van der Waals surface area (Å²) in [6.45, 7) is 0. The molecule has 0 aromatic heterocycles. The van der Waals surface area contributed by atoms with Crippen molar-refractivity contribution in [3.8, 4) is 0 Å². The summed E-state index contributed by atoms with van der Waals surface area (Å²) in [4.78, 5) is -0.542. The number of hydrogen-bond acceptors (Lipinski definition) is 6. The predicted octanol–water partition coefficient (Wildman–Crippen LogP) is -3.66. The molecule has 14 heavy (non-hydrogen) atoms. The average Bonchev–Trinajstić information content (AvgIpc) is 1.98. The van der Waals surface area contributed by atoms with Crippen LogP contribution in [-0.2, 0) is 10.1 Å². The predicted molar refractivity (Wildman–Crippen MR) is 47.6 cm³/mol. The number of anilines is 3. The number of rotatable bonds is 1. The largest absolute Gasteiger partial charge is 1.00 e. The van der Waals surface area contributed by atoms with Crippen molar-refractivity contribution in [2.75, 3.05) is 17.2 Å². The second-order valence-electron chi connectivity index (χ2n) is 2.43. The Balaban J connectivity index is 0.00000169. The van der Waals surface area contributed by atoms with Gasteiger partial charge < -0.3 is 21.8 Å². The summed E-state index contributed by atoms with van der Waals surface area (Å²) in [5.74, 6) is 0. The first-order valence-electron chi connectivity index (χ1n) is 3.23. The van der Waals surface area contributed by atoms with Crippen LogP contribution < -0.4 is 46.8 Å². The zero-order valence-electron chi connectivity index (χ0n) is 7.52. The summed E-state index contributed by atoms with van der Waals surface area (Å²) in [5, 5.41) is 0. The molecule has 0 aliphatic heterocycles. The molecule has 0 saturated heterocycles. The van der Waals surface area contributed by atoms with Crippen molar-refractivity contribution in [2.24, 2.45) is 0 Å². The van der Waals surface area contributed by atoms with E-state index in [4.69, 9.17) is 17.2 Å². The minimum Gasteiger partial charge on any atom is -0.744 e. The average molecular weight is 225 g/mol. The van der Waals surface area contributed by atoms with Gasteiger partial charge in [-0.25, -0.2) is 8.42 Å². The SMILES string of the molecule is Nc1ccc(S(=O)(=O)[O-])c(N)c1N.[Na+]. The van der Waals surface area contributed by atoms with Gasteiger partial charge in [0.1, 0.15) is 10.1 Å². The van der Waals surface area contributed by atoms with Crippen molar-refractivity contribution in [3.63, 3.8) is 0 Å². The van der Waals surface area contributed by atoms with E-state index in [0.29, 0.717) is 0 Å². The van der Waals surface area contributed by atoms with Gasteiger partial charge in [0.15, 0.2) is 0 Å². The van der Waals surface area contributed by atoms with Crippen LogP contribution in [0.5, 0.6) is 0 Å². The molecule has 8 heteroatoms. The second kappa shape index (κ2) is 4.37. The Bertz CT molecular complexity index is 446. The Hall–Kier alpha value is -0.470. The number of benzene rings is 1. The van der Waals surface area contributed by atoms with Crippen molar-refractivity contribution in [3.05, 3.63) is 12.1 Å². The zero-order chi connectivity index (χ0) is 10.2. The first-order valence-corrected chi connectivity index (χ1v) is 4.64. The molecule has 0 radical (unpaired) electrons. The van der Waals surface area contributed by atoms with E-state index >= 15 is 0 Å². The summed E-state index contributed by atoms with van der Waals surface area (Å²) in [7, 11) is -4.58. The quantitative estimate of drug-likeness (QED) is 0.256. The van der Waals surface area contributed by atoms with Crippen molar-refractivity contribution in [1.29, 1.82) is 0 Å². The van der Waals surface area contributed by atoms with Crippen molar-refractivity contribution < 1.29 is 42.5 Å². The first kappa shape index (κ1) is 13.5. The molecular formula is C6H8N3NaO3S. The fourth-order valence-corrected chi connectivity index (χ4v) is 1.47. The molecule has 1 aromatic carbocycles. The van der Waals surface area contributed by atoms with Crippen molar-refractivity contribution in [2.45, 2.75) is 4.90 Å². The zero-order valence-corrected chi connectivity index (χ0v) is 10.3. The minimum atomic E-state index is -4.58. The molecule has 0 unspecified atom stereocenters. The number of nitrogen functional groups attached to an aromatic ring is 3. The van der Waals surface area contributed by atoms with Gasteiger partial charge in [-0.15, -0.1) is 0 Å². The summed E-state index contributed by atoms with van der Waals surface area (Å²) in [6.07, 6.45) is 0. The van der Waals surface area contributed by atoms with Gasteiger partial charge in [-0.3, -0.25) is 0 Å². The first-order chi connectivity index (χ1) is 5.84. The van der Waals surface area contributed by atoms with Gasteiger partial charge >= 0.3 is 29.6 Å². The molecule has 0 aliphatic carbocycles. The third-order valence-electron chi connectivity index (χ3n) is 1.55. The molecule has 1 aromatic rings. The van der Waals surface area contributed by atoms with E-state index in [9.17, 15) is 13.0 Å². The van der Waals surface area contributed by atoms with E-state index in [2.05, 4.69) is 0 Å². The second-order valence-corrected chi connectivity index (χ2v) is 3.78. The molecule has 0 heterocycles. The molecular weight excluding hydrogens is 217 g/mol. The summed E-state index contributed by atoms with van der Waals surface area (Å²) >= 11 is 0. The third-order valence-corrected chi connectivity index (χ3v) is 2.44. The van der Waals surface area contributed by atoms with E-state index in [1.807, 2.05) is 0 Å². The Morgan fingerprint density at radius 2 is 1.57 bits per heavy atom. The summed E-state index contributed by atoms with van der Waals surface area (Å²) in [6, 6.07) is 2.25. The van der Waals surface area contributed by atoms with Crippen LogP contribution >= 0.6 is 0 Å². The van der Waals surface area contributed by atoms with Gasteiger partial charge in [0.25, 0.3) is 0 Å². The van der Waals surface area contributed by atoms with Crippen LogP contribution in [0.25, 0.3) is 0 Å².